The van der Waals surface area contributed by atoms with Crippen molar-refractivity contribution in [3.63, 3.8) is 0 Å². The van der Waals surface area contributed by atoms with E-state index in [0.29, 0.717) is 24.0 Å². The second kappa shape index (κ2) is 20.1. The van der Waals surface area contributed by atoms with Gasteiger partial charge in [-0.1, -0.05) is 104 Å². The molecule has 3 N–H and O–H groups in total. The normalized spacial score (nSPS) is 15.7. The summed E-state index contributed by atoms with van der Waals surface area (Å²) in [6, 6.07) is 27.4. The van der Waals surface area contributed by atoms with Gasteiger partial charge in [0.15, 0.2) is 5.78 Å². The molecule has 0 radical (unpaired) electrons. The van der Waals surface area contributed by atoms with Crippen molar-refractivity contribution in [3.05, 3.63) is 138 Å². The number of carbonyl (C=O) groups excluding carboxylic acids is 5. The molecule has 1 heterocycles. The van der Waals surface area contributed by atoms with Crippen molar-refractivity contribution in [3.8, 4) is 11.1 Å². The number of ketones is 1. The zero-order valence-corrected chi connectivity index (χ0v) is 34.0. The summed E-state index contributed by atoms with van der Waals surface area (Å²) in [4.78, 5) is 65.5. The van der Waals surface area contributed by atoms with Crippen molar-refractivity contribution in [1.82, 2.24) is 20.3 Å². The molecule has 1 aliphatic heterocycles. The van der Waals surface area contributed by atoms with E-state index < -0.39 is 52.2 Å². The molecule has 0 unspecified atom stereocenters. The fourth-order valence-electron chi connectivity index (χ4n) is 7.57. The van der Waals surface area contributed by atoms with E-state index >= 15 is 0 Å². The third-order valence-electron chi connectivity index (χ3n) is 10.6. The Hall–Kier alpha value is -6.32. The molecule has 14 nitrogen and oxygen atoms in total. The van der Waals surface area contributed by atoms with Crippen LogP contribution in [0.4, 0.5) is 9.59 Å². The summed E-state index contributed by atoms with van der Waals surface area (Å²) in [7, 11) is -2.75. The maximum atomic E-state index is 13.7. The van der Waals surface area contributed by atoms with Gasteiger partial charge in [0.25, 0.3) is 0 Å². The van der Waals surface area contributed by atoms with Crippen molar-refractivity contribution in [2.24, 2.45) is 0 Å². The molecule has 1 fully saturated rings. The van der Waals surface area contributed by atoms with Gasteiger partial charge in [0.2, 0.25) is 15.9 Å². The average molecular weight is 837 g/mol. The molecule has 3 atom stereocenters. The molecule has 1 aliphatic carbocycles. The Morgan fingerprint density at radius 1 is 0.800 bits per heavy atom. The number of fused-ring (bicyclic) bond motifs is 3. The van der Waals surface area contributed by atoms with E-state index in [2.05, 4.69) is 22.5 Å². The number of nitrogens with zero attached hydrogens (tertiary/aromatic N) is 1. The van der Waals surface area contributed by atoms with Crippen LogP contribution in [-0.4, -0.2) is 94.1 Å². The number of Topliss-reactive ketones (excluding diaryl/α,β-unsaturated/α-hetero) is 1. The molecule has 314 valence electrons. The highest BCUT2D eigenvalue weighted by Crippen LogP contribution is 2.44. The number of hydrogen-bond donors (Lipinski definition) is 3. The van der Waals surface area contributed by atoms with Gasteiger partial charge in [-0.3, -0.25) is 9.59 Å². The van der Waals surface area contributed by atoms with E-state index in [1.54, 1.807) is 42.5 Å². The lowest BCUT2D eigenvalue weighted by molar-refractivity contribution is -0.145. The van der Waals surface area contributed by atoms with E-state index in [1.807, 2.05) is 48.5 Å². The number of methoxy groups -OCH3 is 1. The SMILES string of the molecule is C=CCOC(=O)NCC[C@H](NC(=O)OCC1c2ccccc2-c2ccccc21)C(=O)Cc1ccc(C[C@H](NC(=O)[C@@H]2CCCN2S(=O)(=O)c2ccccc2)C(=O)OC)cc1. The summed E-state index contributed by atoms with van der Waals surface area (Å²) < 4.78 is 43.5. The van der Waals surface area contributed by atoms with Gasteiger partial charge in [-0.25, -0.2) is 22.8 Å². The number of hydrogen-bond acceptors (Lipinski definition) is 10. The van der Waals surface area contributed by atoms with Crippen LogP contribution in [0.1, 0.15) is 47.4 Å². The first kappa shape index (κ1) is 43.3. The minimum Gasteiger partial charge on any atom is -0.467 e. The highest BCUT2D eigenvalue weighted by atomic mass is 32.2. The highest BCUT2D eigenvalue weighted by molar-refractivity contribution is 7.89. The molecule has 0 bridgehead atoms. The minimum absolute atomic E-state index is 0.00708. The Balaban J connectivity index is 1.08. The second-order valence-corrected chi connectivity index (χ2v) is 16.4. The van der Waals surface area contributed by atoms with E-state index in [-0.39, 0.29) is 62.2 Å². The van der Waals surface area contributed by atoms with Gasteiger partial charge in [0.05, 0.1) is 18.0 Å². The number of nitrogens with one attached hydrogen (secondary N) is 3. The average Bonchev–Trinajstić information content (AvgIpc) is 3.89. The van der Waals surface area contributed by atoms with E-state index in [9.17, 15) is 32.4 Å². The Labute approximate surface area is 349 Å². The molecule has 0 spiro atoms. The number of alkyl carbamates (subject to hydrolysis) is 2. The summed E-state index contributed by atoms with van der Waals surface area (Å²) in [5.74, 6) is -1.84. The van der Waals surface area contributed by atoms with Gasteiger partial charge in [-0.2, -0.15) is 4.31 Å². The standard InChI is InChI=1S/C45H48N4O10S/c1-3-26-58-44(53)46-24-23-38(48-45(54)59-29-37-35-16-9-7-14-33(35)34-15-8-10-17-36(34)37)41(50)28-31-21-19-30(20-22-31)27-39(43(52)57-2)47-42(51)40-18-11-25-49(40)60(55,56)32-12-5-4-6-13-32/h3-10,12-17,19-22,37-40H,1,11,18,23-29H2,2H3,(H,46,53)(H,47,51)(H,48,54)/t38-,39-,40-/m0/s1. The molecule has 0 aromatic heterocycles. The Morgan fingerprint density at radius 3 is 2.08 bits per heavy atom. The second-order valence-electron chi connectivity index (χ2n) is 14.5. The fraction of sp³-hybridized carbons (Fsp3) is 0.311. The van der Waals surface area contributed by atoms with E-state index in [1.165, 1.54) is 25.3 Å². The zero-order valence-electron chi connectivity index (χ0n) is 33.2. The molecule has 3 amide bonds. The molecule has 2 aliphatic rings. The maximum Gasteiger partial charge on any atom is 0.407 e. The molecule has 4 aromatic rings. The lowest BCUT2D eigenvalue weighted by Gasteiger charge is -2.25. The predicted octanol–water partition coefficient (Wildman–Crippen LogP) is 5.06. The van der Waals surface area contributed by atoms with Gasteiger partial charge >= 0.3 is 18.2 Å². The first-order chi connectivity index (χ1) is 29.0. The number of benzene rings is 4. The number of carbonyl (C=O) groups is 5. The topological polar surface area (TPSA) is 187 Å². The molecular weight excluding hydrogens is 789 g/mol. The van der Waals surface area contributed by atoms with Crippen LogP contribution in [0, 0.1) is 0 Å². The van der Waals surface area contributed by atoms with Gasteiger partial charge in [0.1, 0.15) is 25.3 Å². The number of esters is 1. The Morgan fingerprint density at radius 2 is 1.43 bits per heavy atom. The molecule has 0 saturated carbocycles. The molecule has 60 heavy (non-hydrogen) atoms. The van der Waals surface area contributed by atoms with Gasteiger partial charge in [0, 0.05) is 31.8 Å². The minimum atomic E-state index is -3.95. The largest absolute Gasteiger partial charge is 0.467 e. The Kier molecular flexibility index (Phi) is 14.5. The van der Waals surface area contributed by atoms with Gasteiger partial charge in [-0.15, -0.1) is 0 Å². The quantitative estimate of drug-likeness (QED) is 0.0695. The maximum absolute atomic E-state index is 13.7. The molecule has 4 aromatic carbocycles. The zero-order chi connectivity index (χ0) is 42.6. The smallest absolute Gasteiger partial charge is 0.407 e. The van der Waals surface area contributed by atoms with E-state index in [0.717, 1.165) is 26.6 Å². The molecule has 6 rings (SSSR count). The number of amides is 3. The summed E-state index contributed by atoms with van der Waals surface area (Å²) in [5.41, 5.74) is 5.48. The first-order valence-corrected chi connectivity index (χ1v) is 21.1. The Bertz CT molecular complexity index is 2260. The van der Waals surface area contributed by atoms with Crippen molar-refractivity contribution in [1.29, 1.82) is 0 Å². The van der Waals surface area contributed by atoms with Crippen LogP contribution in [0.25, 0.3) is 11.1 Å². The molecular formula is C45H48N4O10S. The third-order valence-corrected chi connectivity index (χ3v) is 12.5. The van der Waals surface area contributed by atoms with Crippen LogP contribution in [0.15, 0.2) is 121 Å². The van der Waals surface area contributed by atoms with E-state index in [4.69, 9.17) is 14.2 Å². The van der Waals surface area contributed by atoms with Crippen LogP contribution < -0.4 is 16.0 Å². The summed E-state index contributed by atoms with van der Waals surface area (Å²) in [5, 5.41) is 7.97. The van der Waals surface area contributed by atoms with Gasteiger partial charge in [-0.05, 0) is 64.8 Å². The van der Waals surface area contributed by atoms with Gasteiger partial charge < -0.3 is 30.2 Å². The summed E-state index contributed by atoms with van der Waals surface area (Å²) >= 11 is 0. The van der Waals surface area contributed by atoms with Crippen LogP contribution in [0.5, 0.6) is 0 Å². The fourth-order valence-corrected chi connectivity index (χ4v) is 9.25. The van der Waals surface area contributed by atoms with Crippen molar-refractivity contribution >= 4 is 39.9 Å². The third kappa shape index (κ3) is 10.5. The first-order valence-electron chi connectivity index (χ1n) is 19.7. The summed E-state index contributed by atoms with van der Waals surface area (Å²) in [6.45, 7) is 3.76. The monoisotopic (exact) mass is 836 g/mol. The number of ether oxygens (including phenoxy) is 3. The molecule has 15 heteroatoms. The molecule has 1 saturated heterocycles. The van der Waals surface area contributed by atoms with Crippen LogP contribution in [0.3, 0.4) is 0 Å². The van der Waals surface area contributed by atoms with Crippen LogP contribution in [-0.2, 0) is 51.5 Å². The highest BCUT2D eigenvalue weighted by Gasteiger charge is 2.40. The van der Waals surface area contributed by atoms with Crippen molar-refractivity contribution < 1.29 is 46.6 Å². The number of sulfonamides is 1. The lowest BCUT2D eigenvalue weighted by Crippen LogP contribution is -2.51. The summed E-state index contributed by atoms with van der Waals surface area (Å²) in [6.07, 6.45) is 0.717. The predicted molar refractivity (Wildman–Crippen MR) is 222 cm³/mol. The van der Waals surface area contributed by atoms with Crippen LogP contribution >= 0.6 is 0 Å². The van der Waals surface area contributed by atoms with Crippen LogP contribution in [0.2, 0.25) is 0 Å². The number of rotatable bonds is 18. The lowest BCUT2D eigenvalue weighted by atomic mass is 9.98. The van der Waals surface area contributed by atoms with Crippen molar-refractivity contribution in [2.75, 3.05) is 33.4 Å². The van der Waals surface area contributed by atoms with Crippen molar-refractivity contribution in [2.45, 2.75) is 61.0 Å².